The summed E-state index contributed by atoms with van der Waals surface area (Å²) in [6.07, 6.45) is 8.77. The Hall–Kier alpha value is -2.19. The van der Waals surface area contributed by atoms with Crippen molar-refractivity contribution in [2.45, 2.75) is 58.2 Å². The number of carbonyl (C=O) groups excluding carboxylic acids is 2. The number of hydrogen-bond acceptors (Lipinski definition) is 5. The van der Waals surface area contributed by atoms with Crippen LogP contribution in [0.15, 0.2) is 30.3 Å². The molecular formula is C25H35N3O4S. The molecule has 3 heterocycles. The maximum absolute atomic E-state index is 13.1. The van der Waals surface area contributed by atoms with E-state index in [1.807, 2.05) is 26.0 Å². The highest BCUT2D eigenvalue weighted by Gasteiger charge is 2.58. The molecule has 3 saturated heterocycles. The lowest BCUT2D eigenvalue weighted by atomic mass is 9.88. The molecule has 1 aromatic rings. The van der Waals surface area contributed by atoms with E-state index in [0.717, 1.165) is 35.8 Å². The van der Waals surface area contributed by atoms with Crippen molar-refractivity contribution >= 4 is 27.9 Å². The Morgan fingerprint density at radius 1 is 1.09 bits per heavy atom. The van der Waals surface area contributed by atoms with E-state index in [1.165, 1.54) is 24.8 Å². The first-order valence-electron chi connectivity index (χ1n) is 12.0. The Morgan fingerprint density at radius 3 is 2.36 bits per heavy atom. The number of likely N-dealkylation sites (tertiary alicyclic amines) is 2. The number of benzene rings is 1. The van der Waals surface area contributed by atoms with Crippen LogP contribution in [0.2, 0.25) is 0 Å². The van der Waals surface area contributed by atoms with Gasteiger partial charge in [0, 0.05) is 19.2 Å². The number of carbonyl (C=O) groups is 2. The Kier molecular flexibility index (Phi) is 6.96. The first-order valence-corrected chi connectivity index (χ1v) is 13.8. The molecule has 0 bridgehead atoms. The Bertz CT molecular complexity index is 1010. The van der Waals surface area contributed by atoms with Crippen molar-refractivity contribution in [3.05, 3.63) is 41.5 Å². The van der Waals surface area contributed by atoms with Crippen LogP contribution in [0.4, 0.5) is 0 Å². The van der Waals surface area contributed by atoms with Crippen molar-refractivity contribution < 1.29 is 18.0 Å². The van der Waals surface area contributed by atoms with Crippen molar-refractivity contribution in [1.29, 1.82) is 0 Å². The molecule has 0 spiro atoms. The van der Waals surface area contributed by atoms with Crippen molar-refractivity contribution in [2.75, 3.05) is 25.9 Å². The molecule has 3 atom stereocenters. The molecule has 3 aliphatic heterocycles. The second kappa shape index (κ2) is 9.58. The van der Waals surface area contributed by atoms with E-state index in [4.69, 9.17) is 0 Å². The molecular weight excluding hydrogens is 438 g/mol. The van der Waals surface area contributed by atoms with Crippen molar-refractivity contribution in [3.63, 3.8) is 0 Å². The third kappa shape index (κ3) is 5.01. The van der Waals surface area contributed by atoms with Gasteiger partial charge >= 0.3 is 0 Å². The van der Waals surface area contributed by atoms with Crippen LogP contribution in [-0.2, 0) is 26.2 Å². The lowest BCUT2D eigenvalue weighted by Crippen LogP contribution is -2.43. The van der Waals surface area contributed by atoms with Gasteiger partial charge < -0.3 is 4.90 Å². The summed E-state index contributed by atoms with van der Waals surface area (Å²) in [5, 5.41) is 0. The SMILES string of the molecule is CC(C)[C@H]1C(=O)N(S(C)(=O)=O)[C@H]2CCN(C(=O)C=Cc3ccc(CN4CCCCC4)cc3)[C@H]12. The molecule has 180 valence electrons. The maximum Gasteiger partial charge on any atom is 0.246 e. The summed E-state index contributed by atoms with van der Waals surface area (Å²) in [4.78, 5) is 30.2. The van der Waals surface area contributed by atoms with Gasteiger partial charge in [-0.25, -0.2) is 12.7 Å². The second-order valence-electron chi connectivity index (χ2n) is 9.96. The quantitative estimate of drug-likeness (QED) is 0.594. The molecule has 0 saturated carbocycles. The van der Waals surface area contributed by atoms with E-state index in [9.17, 15) is 18.0 Å². The zero-order valence-corrected chi connectivity index (χ0v) is 20.6. The average molecular weight is 474 g/mol. The van der Waals surface area contributed by atoms with Crippen LogP contribution in [0.25, 0.3) is 6.08 Å². The Labute approximate surface area is 197 Å². The van der Waals surface area contributed by atoms with Crippen LogP contribution >= 0.6 is 0 Å². The molecule has 0 aliphatic carbocycles. The molecule has 3 fully saturated rings. The average Bonchev–Trinajstić information content (AvgIpc) is 3.29. The molecule has 33 heavy (non-hydrogen) atoms. The highest BCUT2D eigenvalue weighted by molar-refractivity contribution is 7.88. The fraction of sp³-hybridized carbons (Fsp3) is 0.600. The van der Waals surface area contributed by atoms with Gasteiger partial charge in [0.1, 0.15) is 0 Å². The van der Waals surface area contributed by atoms with Gasteiger partial charge in [-0.1, -0.05) is 44.5 Å². The normalized spacial score (nSPS) is 26.5. The van der Waals surface area contributed by atoms with Gasteiger partial charge in [-0.05, 0) is 55.5 Å². The molecule has 7 nitrogen and oxygen atoms in total. The minimum Gasteiger partial charge on any atom is -0.333 e. The first kappa shape index (κ1) is 24.0. The van der Waals surface area contributed by atoms with Gasteiger partial charge in [-0.3, -0.25) is 14.5 Å². The molecule has 0 radical (unpaired) electrons. The molecule has 8 heteroatoms. The molecule has 4 rings (SSSR count). The number of hydrogen-bond donors (Lipinski definition) is 0. The fourth-order valence-electron chi connectivity index (χ4n) is 5.66. The van der Waals surface area contributed by atoms with E-state index in [1.54, 1.807) is 17.1 Å². The Morgan fingerprint density at radius 2 is 1.76 bits per heavy atom. The predicted molar refractivity (Wildman–Crippen MR) is 129 cm³/mol. The fourth-order valence-corrected chi connectivity index (χ4v) is 6.83. The monoisotopic (exact) mass is 473 g/mol. The largest absolute Gasteiger partial charge is 0.333 e. The van der Waals surface area contributed by atoms with Crippen molar-refractivity contribution in [2.24, 2.45) is 11.8 Å². The van der Waals surface area contributed by atoms with E-state index in [-0.39, 0.29) is 17.7 Å². The third-order valence-electron chi connectivity index (χ3n) is 7.20. The van der Waals surface area contributed by atoms with Gasteiger partial charge in [0.05, 0.1) is 24.3 Å². The lowest BCUT2D eigenvalue weighted by molar-refractivity contribution is -0.131. The number of rotatable bonds is 6. The molecule has 3 aliphatic rings. The third-order valence-corrected chi connectivity index (χ3v) is 8.37. The van der Waals surface area contributed by atoms with Crippen LogP contribution < -0.4 is 0 Å². The number of piperidine rings is 1. The number of amides is 2. The predicted octanol–water partition coefficient (Wildman–Crippen LogP) is 2.73. The summed E-state index contributed by atoms with van der Waals surface area (Å²) >= 11 is 0. The highest BCUT2D eigenvalue weighted by atomic mass is 32.2. The summed E-state index contributed by atoms with van der Waals surface area (Å²) < 4.78 is 25.6. The Balaban J connectivity index is 1.44. The summed E-state index contributed by atoms with van der Waals surface area (Å²) in [5.74, 6) is -1.11. The summed E-state index contributed by atoms with van der Waals surface area (Å²) in [6.45, 7) is 7.55. The van der Waals surface area contributed by atoms with E-state index in [2.05, 4.69) is 17.0 Å². The number of fused-ring (bicyclic) bond motifs is 1. The standard InChI is InChI=1S/C25H35N3O4S/c1-18(2)23-24-21(28(25(23)30)33(3,31)32)13-16-27(24)22(29)12-11-19-7-9-20(10-8-19)17-26-14-5-4-6-15-26/h7-12,18,21,23-24H,4-6,13-17H2,1-3H3/t21-,23+,24-/m0/s1. The minimum absolute atomic E-state index is 0.0541. The van der Waals surface area contributed by atoms with Crippen molar-refractivity contribution in [1.82, 2.24) is 14.1 Å². The smallest absolute Gasteiger partial charge is 0.246 e. The summed E-state index contributed by atoms with van der Waals surface area (Å²) in [7, 11) is -3.67. The van der Waals surface area contributed by atoms with E-state index in [0.29, 0.717) is 13.0 Å². The van der Waals surface area contributed by atoms with E-state index >= 15 is 0 Å². The number of nitrogens with zero attached hydrogens (tertiary/aromatic N) is 3. The minimum atomic E-state index is -3.67. The molecule has 2 amide bonds. The zero-order chi connectivity index (χ0) is 23.8. The zero-order valence-electron chi connectivity index (χ0n) is 19.8. The highest BCUT2D eigenvalue weighted by Crippen LogP contribution is 2.41. The van der Waals surface area contributed by atoms with Gasteiger partial charge in [0.25, 0.3) is 0 Å². The molecule has 0 N–H and O–H groups in total. The van der Waals surface area contributed by atoms with Crippen LogP contribution in [-0.4, -0.2) is 72.3 Å². The lowest BCUT2D eigenvalue weighted by Gasteiger charge is -2.28. The van der Waals surface area contributed by atoms with Crippen LogP contribution in [0.5, 0.6) is 0 Å². The van der Waals surface area contributed by atoms with Gasteiger partial charge in [-0.2, -0.15) is 0 Å². The van der Waals surface area contributed by atoms with Crippen LogP contribution in [0, 0.1) is 11.8 Å². The van der Waals surface area contributed by atoms with Gasteiger partial charge in [-0.15, -0.1) is 0 Å². The van der Waals surface area contributed by atoms with E-state index < -0.39 is 28.0 Å². The second-order valence-corrected chi connectivity index (χ2v) is 11.8. The van der Waals surface area contributed by atoms with Gasteiger partial charge in [0.2, 0.25) is 21.8 Å². The van der Waals surface area contributed by atoms with Crippen LogP contribution in [0.3, 0.4) is 0 Å². The summed E-state index contributed by atoms with van der Waals surface area (Å²) in [6, 6.07) is 7.40. The summed E-state index contributed by atoms with van der Waals surface area (Å²) in [5.41, 5.74) is 2.22. The van der Waals surface area contributed by atoms with Crippen molar-refractivity contribution in [3.8, 4) is 0 Å². The van der Waals surface area contributed by atoms with Crippen LogP contribution in [0.1, 0.15) is 50.7 Å². The topological polar surface area (TPSA) is 78.0 Å². The first-order chi connectivity index (χ1) is 15.7. The van der Waals surface area contributed by atoms with Gasteiger partial charge in [0.15, 0.2) is 0 Å². The molecule has 1 aromatic carbocycles. The number of sulfonamides is 1. The molecule has 0 aromatic heterocycles. The molecule has 0 unspecified atom stereocenters. The maximum atomic E-state index is 13.1.